The smallest absolute Gasteiger partial charge is 0.383 e. The van der Waals surface area contributed by atoms with Gasteiger partial charge in [-0.1, -0.05) is 54.6 Å². The highest BCUT2D eigenvalue weighted by Crippen LogP contribution is 2.37. The van der Waals surface area contributed by atoms with Gasteiger partial charge in [0.25, 0.3) is 0 Å². The maximum Gasteiger partial charge on any atom is 0.451 e. The van der Waals surface area contributed by atoms with Crippen LogP contribution in [0.3, 0.4) is 0 Å². The van der Waals surface area contributed by atoms with E-state index in [2.05, 4.69) is 9.97 Å². The van der Waals surface area contributed by atoms with Crippen molar-refractivity contribution in [3.05, 3.63) is 66.0 Å². The maximum absolute atomic E-state index is 13.2. The van der Waals surface area contributed by atoms with Crippen molar-refractivity contribution in [1.82, 2.24) is 9.97 Å². The van der Waals surface area contributed by atoms with Crippen LogP contribution in [0.2, 0.25) is 0 Å². The molecule has 3 aromatic rings. The summed E-state index contributed by atoms with van der Waals surface area (Å²) < 4.78 is 59.4. The van der Waals surface area contributed by atoms with E-state index in [9.17, 15) is 17.4 Å². The first-order valence-electron chi connectivity index (χ1n) is 7.72. The normalized spacial score (nSPS) is 12.7. The minimum atomic E-state index is -4.74. The van der Waals surface area contributed by atoms with Crippen molar-refractivity contribution in [3.8, 4) is 22.4 Å². The molecule has 1 heterocycles. The van der Waals surface area contributed by atoms with E-state index in [1.54, 1.807) is 42.5 Å². The maximum atomic E-state index is 13.2. The third kappa shape index (κ3) is 4.32. The molecule has 0 amide bonds. The second kappa shape index (κ2) is 7.45. The molecule has 0 bridgehead atoms. The molecule has 1 unspecified atom stereocenters. The Hall–Kier alpha value is -2.78. The predicted octanol–water partition coefficient (Wildman–Crippen LogP) is 4.13. The van der Waals surface area contributed by atoms with Gasteiger partial charge in [-0.2, -0.15) is 13.2 Å². The molecule has 0 radical (unpaired) electrons. The van der Waals surface area contributed by atoms with E-state index in [-0.39, 0.29) is 17.3 Å². The molecule has 3 rings (SSSR count). The standard InChI is InChI=1S/C18H14F3N3O2S/c19-18(20,21)17-23-15(13-8-6-11(7-9-13)10-27(25)26)14(16(22)24-17)12-4-2-1-3-5-12/h1-9H,10H2,(H,25,26)(H2,22,23,24). The number of nitrogens with zero attached hydrogens (tertiary/aromatic N) is 2. The van der Waals surface area contributed by atoms with Crippen molar-refractivity contribution < 1.29 is 21.9 Å². The van der Waals surface area contributed by atoms with Gasteiger partial charge in [0, 0.05) is 5.56 Å². The summed E-state index contributed by atoms with van der Waals surface area (Å²) in [5, 5.41) is 0. The first-order valence-corrected chi connectivity index (χ1v) is 9.00. The van der Waals surface area contributed by atoms with E-state index >= 15 is 0 Å². The number of alkyl halides is 3. The molecule has 0 aliphatic rings. The van der Waals surface area contributed by atoms with Gasteiger partial charge in [-0.3, -0.25) is 0 Å². The zero-order valence-corrected chi connectivity index (χ0v) is 14.6. The van der Waals surface area contributed by atoms with Crippen LogP contribution in [0.4, 0.5) is 19.0 Å². The zero-order chi connectivity index (χ0) is 19.6. The van der Waals surface area contributed by atoms with Gasteiger partial charge in [0.05, 0.1) is 17.0 Å². The van der Waals surface area contributed by atoms with Crippen LogP contribution in [0.5, 0.6) is 0 Å². The lowest BCUT2D eigenvalue weighted by atomic mass is 9.99. The van der Waals surface area contributed by atoms with Gasteiger partial charge < -0.3 is 10.3 Å². The van der Waals surface area contributed by atoms with E-state index in [1.165, 1.54) is 12.1 Å². The summed E-state index contributed by atoms with van der Waals surface area (Å²) in [6.45, 7) is 0. The largest absolute Gasteiger partial charge is 0.451 e. The average Bonchev–Trinajstić information content (AvgIpc) is 2.61. The van der Waals surface area contributed by atoms with Crippen molar-refractivity contribution in [3.63, 3.8) is 0 Å². The average molecular weight is 393 g/mol. The molecule has 0 fully saturated rings. The summed E-state index contributed by atoms with van der Waals surface area (Å²) >= 11 is -2.02. The van der Waals surface area contributed by atoms with E-state index in [0.717, 1.165) is 0 Å². The van der Waals surface area contributed by atoms with E-state index in [4.69, 9.17) is 10.3 Å². The Morgan fingerprint density at radius 3 is 2.15 bits per heavy atom. The fourth-order valence-electron chi connectivity index (χ4n) is 2.60. The lowest BCUT2D eigenvalue weighted by Crippen LogP contribution is -2.14. The van der Waals surface area contributed by atoms with Crippen LogP contribution in [0.25, 0.3) is 22.4 Å². The zero-order valence-electron chi connectivity index (χ0n) is 13.8. The van der Waals surface area contributed by atoms with Crippen molar-refractivity contribution in [1.29, 1.82) is 0 Å². The van der Waals surface area contributed by atoms with Crippen molar-refractivity contribution in [2.24, 2.45) is 0 Å². The summed E-state index contributed by atoms with van der Waals surface area (Å²) in [5.41, 5.74) is 7.73. The minimum absolute atomic E-state index is 0.0395. The van der Waals surface area contributed by atoms with Crippen molar-refractivity contribution >= 4 is 16.9 Å². The van der Waals surface area contributed by atoms with E-state index in [1.807, 2.05) is 0 Å². The highest BCUT2D eigenvalue weighted by molar-refractivity contribution is 7.78. The van der Waals surface area contributed by atoms with E-state index < -0.39 is 23.1 Å². The van der Waals surface area contributed by atoms with Crippen LogP contribution in [0.15, 0.2) is 54.6 Å². The van der Waals surface area contributed by atoms with Gasteiger partial charge >= 0.3 is 6.18 Å². The SMILES string of the molecule is Nc1nc(C(F)(F)F)nc(-c2ccc(CS(=O)O)cc2)c1-c1ccccc1. The second-order valence-corrected chi connectivity index (χ2v) is 6.61. The number of anilines is 1. The Balaban J connectivity index is 2.19. The molecule has 1 atom stereocenters. The molecular weight excluding hydrogens is 379 g/mol. The number of nitrogens with two attached hydrogens (primary N) is 1. The number of nitrogen functional groups attached to an aromatic ring is 1. The molecule has 0 aliphatic heterocycles. The highest BCUT2D eigenvalue weighted by Gasteiger charge is 2.36. The van der Waals surface area contributed by atoms with Crippen LogP contribution in [0.1, 0.15) is 11.4 Å². The van der Waals surface area contributed by atoms with Crippen LogP contribution in [-0.2, 0) is 23.0 Å². The Morgan fingerprint density at radius 1 is 0.963 bits per heavy atom. The summed E-state index contributed by atoms with van der Waals surface area (Å²) in [5.74, 6) is -1.68. The van der Waals surface area contributed by atoms with Gasteiger partial charge in [-0.25, -0.2) is 14.2 Å². The molecule has 0 spiro atoms. The van der Waals surface area contributed by atoms with Gasteiger partial charge in [-0.15, -0.1) is 0 Å². The van der Waals surface area contributed by atoms with E-state index in [0.29, 0.717) is 22.3 Å². The molecule has 3 N–H and O–H groups in total. The Kier molecular flexibility index (Phi) is 5.24. The van der Waals surface area contributed by atoms with Gasteiger partial charge in [0.15, 0.2) is 11.1 Å². The lowest BCUT2D eigenvalue weighted by molar-refractivity contribution is -0.144. The fraction of sp³-hybridized carbons (Fsp3) is 0.111. The molecule has 1 aromatic heterocycles. The van der Waals surface area contributed by atoms with Crippen molar-refractivity contribution in [2.75, 3.05) is 5.73 Å². The monoisotopic (exact) mass is 393 g/mol. The Labute approximate surface area is 155 Å². The molecular formula is C18H14F3N3O2S. The molecule has 2 aromatic carbocycles. The third-order valence-electron chi connectivity index (χ3n) is 3.77. The molecule has 5 nitrogen and oxygen atoms in total. The number of hydrogen-bond acceptors (Lipinski definition) is 4. The first-order chi connectivity index (χ1) is 12.8. The molecule has 0 aliphatic carbocycles. The third-order valence-corrected chi connectivity index (χ3v) is 4.35. The molecule has 0 saturated heterocycles. The Bertz CT molecular complexity index is 978. The first kappa shape index (κ1) is 19.0. The predicted molar refractivity (Wildman–Crippen MR) is 96.8 cm³/mol. The molecule has 0 saturated carbocycles. The van der Waals surface area contributed by atoms with Crippen LogP contribution in [-0.4, -0.2) is 18.7 Å². The van der Waals surface area contributed by atoms with Crippen molar-refractivity contribution in [2.45, 2.75) is 11.9 Å². The minimum Gasteiger partial charge on any atom is -0.383 e. The summed E-state index contributed by atoms with van der Waals surface area (Å²) in [6.07, 6.45) is -4.74. The highest BCUT2D eigenvalue weighted by atomic mass is 32.2. The summed E-state index contributed by atoms with van der Waals surface area (Å²) in [7, 11) is 0. The quantitative estimate of drug-likeness (QED) is 0.651. The van der Waals surface area contributed by atoms with Gasteiger partial charge in [-0.05, 0) is 11.1 Å². The Morgan fingerprint density at radius 2 is 1.59 bits per heavy atom. The molecule has 27 heavy (non-hydrogen) atoms. The topological polar surface area (TPSA) is 89.1 Å². The number of benzene rings is 2. The summed E-state index contributed by atoms with van der Waals surface area (Å²) in [4.78, 5) is 7.15. The van der Waals surface area contributed by atoms with Gasteiger partial charge in [0.1, 0.15) is 5.82 Å². The number of rotatable bonds is 4. The van der Waals surface area contributed by atoms with Gasteiger partial charge in [0.2, 0.25) is 5.82 Å². The fourth-order valence-corrected chi connectivity index (χ4v) is 3.08. The molecule has 9 heteroatoms. The van der Waals surface area contributed by atoms with Crippen LogP contribution >= 0.6 is 0 Å². The van der Waals surface area contributed by atoms with Crippen LogP contribution < -0.4 is 5.73 Å². The number of aromatic nitrogens is 2. The number of hydrogen-bond donors (Lipinski definition) is 2. The molecule has 140 valence electrons. The summed E-state index contributed by atoms with van der Waals surface area (Å²) in [6, 6.07) is 14.8. The number of halogens is 3. The second-order valence-electron chi connectivity index (χ2n) is 5.68. The lowest BCUT2D eigenvalue weighted by Gasteiger charge is -2.15. The van der Waals surface area contributed by atoms with Crippen LogP contribution in [0, 0.1) is 0 Å².